The van der Waals surface area contributed by atoms with E-state index in [1.807, 2.05) is 0 Å². The van der Waals surface area contributed by atoms with Crippen LogP contribution in [0.4, 0.5) is 0 Å². The highest BCUT2D eigenvalue weighted by molar-refractivity contribution is 5.77. The van der Waals surface area contributed by atoms with E-state index in [-0.39, 0.29) is 18.8 Å². The molecule has 1 atom stereocenters. The molecule has 0 aromatic rings. The van der Waals surface area contributed by atoms with Gasteiger partial charge in [-0.2, -0.15) is 0 Å². The molecule has 25 heavy (non-hydrogen) atoms. The zero-order valence-corrected chi connectivity index (χ0v) is 16.4. The zero-order valence-electron chi connectivity index (χ0n) is 16.4. The number of ether oxygens (including phenoxy) is 2. The first kappa shape index (κ1) is 23.9. The van der Waals surface area contributed by atoms with Crippen LogP contribution in [0, 0.1) is 0 Å². The van der Waals surface area contributed by atoms with Crippen LogP contribution in [0.3, 0.4) is 0 Å². The number of nitrogens with two attached hydrogens (primary N) is 1. The van der Waals surface area contributed by atoms with Crippen molar-refractivity contribution >= 4 is 11.9 Å². The Labute approximate surface area is 154 Å². The highest BCUT2D eigenvalue weighted by Crippen LogP contribution is 2.12. The maximum atomic E-state index is 11.6. The van der Waals surface area contributed by atoms with Gasteiger partial charge in [0.25, 0.3) is 0 Å². The van der Waals surface area contributed by atoms with Crippen molar-refractivity contribution in [3.05, 3.63) is 0 Å². The SMILES string of the molecule is CCCCCCCCCCCCCCOC(=O)C(N)CCC(=O)OC. The summed E-state index contributed by atoms with van der Waals surface area (Å²) in [6.45, 7) is 2.67. The molecule has 0 saturated carbocycles. The van der Waals surface area contributed by atoms with Gasteiger partial charge in [-0.25, -0.2) is 0 Å². The van der Waals surface area contributed by atoms with E-state index in [9.17, 15) is 9.59 Å². The lowest BCUT2D eigenvalue weighted by Crippen LogP contribution is -2.33. The molecule has 0 fully saturated rings. The van der Waals surface area contributed by atoms with E-state index in [2.05, 4.69) is 11.7 Å². The fourth-order valence-corrected chi connectivity index (χ4v) is 2.72. The van der Waals surface area contributed by atoms with E-state index in [0.29, 0.717) is 6.61 Å². The first-order valence-corrected chi connectivity index (χ1v) is 10.1. The summed E-state index contributed by atoms with van der Waals surface area (Å²) in [4.78, 5) is 22.6. The van der Waals surface area contributed by atoms with Crippen molar-refractivity contribution in [3.63, 3.8) is 0 Å². The molecular weight excluding hydrogens is 318 g/mol. The highest BCUT2D eigenvalue weighted by Gasteiger charge is 2.16. The van der Waals surface area contributed by atoms with Gasteiger partial charge in [0.15, 0.2) is 0 Å². The third kappa shape index (κ3) is 16.1. The average Bonchev–Trinajstić information content (AvgIpc) is 2.62. The molecule has 148 valence electrons. The molecule has 0 aromatic carbocycles. The fraction of sp³-hybridized carbons (Fsp3) is 0.900. The lowest BCUT2D eigenvalue weighted by atomic mass is 10.1. The van der Waals surface area contributed by atoms with Crippen LogP contribution in [0.2, 0.25) is 0 Å². The summed E-state index contributed by atoms with van der Waals surface area (Å²) in [6.07, 6.45) is 15.7. The normalized spacial score (nSPS) is 12.0. The molecule has 0 spiro atoms. The largest absolute Gasteiger partial charge is 0.469 e. The molecule has 5 heteroatoms. The molecule has 5 nitrogen and oxygen atoms in total. The number of rotatable bonds is 17. The summed E-state index contributed by atoms with van der Waals surface area (Å²) in [5.41, 5.74) is 5.69. The molecule has 0 saturated heterocycles. The summed E-state index contributed by atoms with van der Waals surface area (Å²) in [7, 11) is 1.32. The summed E-state index contributed by atoms with van der Waals surface area (Å²) < 4.78 is 9.66. The minimum atomic E-state index is -0.739. The Morgan fingerprint density at radius 1 is 0.840 bits per heavy atom. The Bertz CT molecular complexity index is 334. The fourth-order valence-electron chi connectivity index (χ4n) is 2.72. The predicted molar refractivity (Wildman–Crippen MR) is 101 cm³/mol. The van der Waals surface area contributed by atoms with E-state index in [1.54, 1.807) is 0 Å². The van der Waals surface area contributed by atoms with Crippen LogP contribution in [-0.2, 0) is 19.1 Å². The number of esters is 2. The van der Waals surface area contributed by atoms with Crippen LogP contribution in [0.25, 0.3) is 0 Å². The van der Waals surface area contributed by atoms with Gasteiger partial charge in [0.2, 0.25) is 0 Å². The molecule has 0 radical (unpaired) electrons. The maximum absolute atomic E-state index is 11.6. The molecule has 0 aliphatic heterocycles. The van der Waals surface area contributed by atoms with Crippen molar-refractivity contribution in [3.8, 4) is 0 Å². The van der Waals surface area contributed by atoms with Crippen molar-refractivity contribution in [2.75, 3.05) is 13.7 Å². The predicted octanol–water partition coefficient (Wildman–Crippen LogP) is 4.51. The molecule has 0 amide bonds. The summed E-state index contributed by atoms with van der Waals surface area (Å²) in [6, 6.07) is -0.739. The molecule has 0 bridgehead atoms. The van der Waals surface area contributed by atoms with E-state index in [1.165, 1.54) is 71.3 Å². The Hall–Kier alpha value is -1.10. The van der Waals surface area contributed by atoms with Gasteiger partial charge in [-0.05, 0) is 12.8 Å². The molecule has 1 unspecified atom stereocenters. The number of hydrogen-bond acceptors (Lipinski definition) is 5. The van der Waals surface area contributed by atoms with E-state index >= 15 is 0 Å². The van der Waals surface area contributed by atoms with Crippen LogP contribution >= 0.6 is 0 Å². The first-order chi connectivity index (χ1) is 12.1. The standard InChI is InChI=1S/C20H39NO4/c1-3-4-5-6-7-8-9-10-11-12-13-14-17-25-20(23)18(21)15-16-19(22)24-2/h18H,3-17,21H2,1-2H3. The lowest BCUT2D eigenvalue weighted by Gasteiger charge is -2.10. The maximum Gasteiger partial charge on any atom is 0.322 e. The minimum Gasteiger partial charge on any atom is -0.469 e. The minimum absolute atomic E-state index is 0.144. The molecule has 0 aromatic heterocycles. The topological polar surface area (TPSA) is 78.6 Å². The number of methoxy groups -OCH3 is 1. The second-order valence-corrected chi connectivity index (χ2v) is 6.78. The van der Waals surface area contributed by atoms with Crippen LogP contribution in [0.1, 0.15) is 96.8 Å². The van der Waals surface area contributed by atoms with Crippen LogP contribution in [0.5, 0.6) is 0 Å². The molecule has 0 aliphatic carbocycles. The van der Waals surface area contributed by atoms with Gasteiger partial charge in [0.05, 0.1) is 13.7 Å². The molecule has 0 heterocycles. The first-order valence-electron chi connectivity index (χ1n) is 10.1. The second-order valence-electron chi connectivity index (χ2n) is 6.78. The summed E-state index contributed by atoms with van der Waals surface area (Å²) in [5.74, 6) is -0.781. The zero-order chi connectivity index (χ0) is 18.8. The van der Waals surface area contributed by atoms with Gasteiger partial charge in [-0.15, -0.1) is 0 Å². The molecule has 2 N–H and O–H groups in total. The van der Waals surface area contributed by atoms with E-state index in [4.69, 9.17) is 10.5 Å². The van der Waals surface area contributed by atoms with Crippen molar-refractivity contribution in [1.29, 1.82) is 0 Å². The van der Waals surface area contributed by atoms with Crippen LogP contribution < -0.4 is 5.73 Å². The summed E-state index contributed by atoms with van der Waals surface area (Å²) >= 11 is 0. The lowest BCUT2D eigenvalue weighted by molar-refractivity contribution is -0.146. The van der Waals surface area contributed by atoms with E-state index in [0.717, 1.165) is 12.8 Å². The Morgan fingerprint density at radius 2 is 1.32 bits per heavy atom. The van der Waals surface area contributed by atoms with Gasteiger partial charge >= 0.3 is 11.9 Å². The number of hydrogen-bond donors (Lipinski definition) is 1. The van der Waals surface area contributed by atoms with Crippen LogP contribution in [-0.4, -0.2) is 31.7 Å². The Morgan fingerprint density at radius 3 is 1.80 bits per heavy atom. The Kier molecular flexibility index (Phi) is 16.9. The molecular formula is C20H39NO4. The molecule has 0 rings (SSSR count). The van der Waals surface area contributed by atoms with Gasteiger partial charge in [-0.1, -0.05) is 77.6 Å². The van der Waals surface area contributed by atoms with Gasteiger partial charge in [-0.3, -0.25) is 9.59 Å². The van der Waals surface area contributed by atoms with Crippen molar-refractivity contribution in [2.24, 2.45) is 5.73 Å². The van der Waals surface area contributed by atoms with Gasteiger partial charge in [0, 0.05) is 6.42 Å². The smallest absolute Gasteiger partial charge is 0.322 e. The van der Waals surface area contributed by atoms with Crippen molar-refractivity contribution < 1.29 is 19.1 Å². The number of unbranched alkanes of at least 4 members (excludes halogenated alkanes) is 11. The highest BCUT2D eigenvalue weighted by atomic mass is 16.5. The van der Waals surface area contributed by atoms with Crippen molar-refractivity contribution in [2.45, 2.75) is 103 Å². The van der Waals surface area contributed by atoms with Gasteiger partial charge < -0.3 is 15.2 Å². The summed E-state index contributed by atoms with van der Waals surface area (Å²) in [5, 5.41) is 0. The van der Waals surface area contributed by atoms with Gasteiger partial charge in [0.1, 0.15) is 6.04 Å². The molecule has 0 aliphatic rings. The third-order valence-electron chi connectivity index (χ3n) is 4.43. The average molecular weight is 358 g/mol. The number of carbonyl (C=O) groups is 2. The monoisotopic (exact) mass is 357 g/mol. The third-order valence-corrected chi connectivity index (χ3v) is 4.43. The Balaban J connectivity index is 3.32. The van der Waals surface area contributed by atoms with E-state index < -0.39 is 12.0 Å². The second kappa shape index (κ2) is 17.7. The quantitative estimate of drug-likeness (QED) is 0.306. The van der Waals surface area contributed by atoms with Crippen molar-refractivity contribution in [1.82, 2.24) is 0 Å². The number of carbonyl (C=O) groups excluding carboxylic acids is 2. The van der Waals surface area contributed by atoms with Crippen LogP contribution in [0.15, 0.2) is 0 Å².